The fraction of sp³-hybridized carbons (Fsp3) is 0.375. The van der Waals surface area contributed by atoms with Crippen molar-refractivity contribution in [2.45, 2.75) is 19.6 Å². The molecule has 0 bridgehead atoms. The minimum atomic E-state index is -0.924. The van der Waals surface area contributed by atoms with Gasteiger partial charge in [-0.05, 0) is 37.3 Å². The molecule has 12 heteroatoms. The Balaban J connectivity index is 1.60. The Kier molecular flexibility index (Phi) is 7.84. The van der Waals surface area contributed by atoms with Crippen molar-refractivity contribution < 1.29 is 28.5 Å². The number of nitriles is 1. The summed E-state index contributed by atoms with van der Waals surface area (Å²) in [5.41, 5.74) is 1.14. The van der Waals surface area contributed by atoms with Gasteiger partial charge in [0.2, 0.25) is 12.2 Å². The maximum Gasteiger partial charge on any atom is 0.317 e. The summed E-state index contributed by atoms with van der Waals surface area (Å²) in [4.78, 5) is 28.8. The van der Waals surface area contributed by atoms with E-state index in [1.54, 1.807) is 25.1 Å². The van der Waals surface area contributed by atoms with E-state index in [0.717, 1.165) is 0 Å². The Bertz CT molecular complexity index is 1230. The fourth-order valence-electron chi connectivity index (χ4n) is 3.54. The molecule has 0 aliphatic carbocycles. The predicted octanol–water partition coefficient (Wildman–Crippen LogP) is 2.13. The number of carbonyl (C=O) groups is 1. The molecule has 3 aromatic rings. The number of benzene rings is 1. The van der Waals surface area contributed by atoms with Crippen LogP contribution in [0.5, 0.6) is 6.01 Å². The van der Waals surface area contributed by atoms with Gasteiger partial charge in [0, 0.05) is 18.3 Å². The molecule has 1 aliphatic heterocycles. The molecule has 4 rings (SSSR count). The first-order valence-electron chi connectivity index (χ1n) is 11.2. The van der Waals surface area contributed by atoms with E-state index in [1.807, 2.05) is 6.07 Å². The molecule has 3 heterocycles. The normalized spacial score (nSPS) is 19.4. The molecule has 36 heavy (non-hydrogen) atoms. The van der Waals surface area contributed by atoms with E-state index in [2.05, 4.69) is 25.3 Å². The molecule has 3 N–H and O–H groups in total. The Morgan fingerprint density at radius 1 is 1.31 bits per heavy atom. The van der Waals surface area contributed by atoms with E-state index in [4.69, 9.17) is 24.6 Å². The average Bonchev–Trinajstić information content (AvgIpc) is 3.34. The van der Waals surface area contributed by atoms with Gasteiger partial charge in [0.05, 0.1) is 54.8 Å². The Morgan fingerprint density at radius 2 is 2.06 bits per heavy atom. The fourth-order valence-corrected chi connectivity index (χ4v) is 3.54. The monoisotopic (exact) mass is 496 g/mol. The minimum Gasteiger partial charge on any atom is -0.461 e. The van der Waals surface area contributed by atoms with Gasteiger partial charge in [-0.2, -0.15) is 10.2 Å². The van der Waals surface area contributed by atoms with E-state index in [0.29, 0.717) is 28.5 Å². The minimum absolute atomic E-state index is 0.0368. The van der Waals surface area contributed by atoms with Crippen LogP contribution in [-0.2, 0) is 14.3 Å². The number of ether oxygens (including phenoxy) is 3. The molecule has 1 aliphatic rings. The van der Waals surface area contributed by atoms with Gasteiger partial charge in [0.15, 0.2) is 5.82 Å². The van der Waals surface area contributed by atoms with Crippen molar-refractivity contribution in [2.24, 2.45) is 5.41 Å². The summed E-state index contributed by atoms with van der Waals surface area (Å²) in [6.45, 7) is 1.97. The van der Waals surface area contributed by atoms with E-state index in [-0.39, 0.29) is 57.1 Å². The standard InChI is InChI=1S/C24H25FN6O5/c1-24(22(33)27-9-2-8-26)13-35-21(36-14-24)20-30-18(15-3-5-16(25)6-4-15)19(31-20)17-7-10-28-23(29-17)34-12-11-32/h3-7,10,21,32H,2,9,11-14H2,1H3,(H,27,33)(H,30,31). The second-order valence-corrected chi connectivity index (χ2v) is 8.33. The summed E-state index contributed by atoms with van der Waals surface area (Å²) in [6.07, 6.45) is 0.835. The average molecular weight is 496 g/mol. The molecule has 0 radical (unpaired) electrons. The topological polar surface area (TPSA) is 155 Å². The van der Waals surface area contributed by atoms with Crippen LogP contribution in [0.3, 0.4) is 0 Å². The molecule has 2 aromatic heterocycles. The van der Waals surface area contributed by atoms with Crippen molar-refractivity contribution >= 4 is 5.91 Å². The number of aliphatic hydroxyl groups is 1. The molecule has 188 valence electrons. The van der Waals surface area contributed by atoms with Gasteiger partial charge in [-0.1, -0.05) is 0 Å². The second kappa shape index (κ2) is 11.2. The van der Waals surface area contributed by atoms with Gasteiger partial charge < -0.3 is 29.6 Å². The molecule has 0 atom stereocenters. The number of hydrogen-bond donors (Lipinski definition) is 3. The summed E-state index contributed by atoms with van der Waals surface area (Å²) in [5.74, 6) is -0.309. The third-order valence-corrected chi connectivity index (χ3v) is 5.45. The lowest BCUT2D eigenvalue weighted by molar-refractivity contribution is -0.231. The largest absolute Gasteiger partial charge is 0.461 e. The second-order valence-electron chi connectivity index (χ2n) is 8.33. The van der Waals surface area contributed by atoms with Crippen LogP contribution < -0.4 is 10.1 Å². The summed E-state index contributed by atoms with van der Waals surface area (Å²) in [5, 5.41) is 20.4. The third kappa shape index (κ3) is 5.65. The number of aliphatic hydroxyl groups excluding tert-OH is 1. The number of halogens is 1. The van der Waals surface area contributed by atoms with E-state index >= 15 is 0 Å². The molecule has 11 nitrogen and oxygen atoms in total. The molecule has 0 saturated carbocycles. The number of H-pyrrole nitrogens is 1. The maximum absolute atomic E-state index is 13.6. The van der Waals surface area contributed by atoms with E-state index in [9.17, 15) is 9.18 Å². The van der Waals surface area contributed by atoms with Crippen molar-refractivity contribution in [3.8, 4) is 34.7 Å². The van der Waals surface area contributed by atoms with E-state index < -0.39 is 11.7 Å². The Hall–Kier alpha value is -3.92. The zero-order valence-corrected chi connectivity index (χ0v) is 19.5. The van der Waals surface area contributed by atoms with Crippen LogP contribution in [0.1, 0.15) is 25.5 Å². The Morgan fingerprint density at radius 3 is 2.75 bits per heavy atom. The molecule has 1 saturated heterocycles. The highest BCUT2D eigenvalue weighted by molar-refractivity contribution is 5.82. The van der Waals surface area contributed by atoms with Gasteiger partial charge >= 0.3 is 6.01 Å². The summed E-state index contributed by atoms with van der Waals surface area (Å²) in [7, 11) is 0. The van der Waals surface area contributed by atoms with Gasteiger partial charge in [-0.25, -0.2) is 14.4 Å². The molecule has 1 fully saturated rings. The highest BCUT2D eigenvalue weighted by atomic mass is 19.1. The van der Waals surface area contributed by atoms with E-state index in [1.165, 1.54) is 18.3 Å². The molecule has 0 spiro atoms. The number of nitrogens with zero attached hydrogens (tertiary/aromatic N) is 4. The summed E-state index contributed by atoms with van der Waals surface area (Å²) < 4.78 is 30.6. The smallest absolute Gasteiger partial charge is 0.317 e. The van der Waals surface area contributed by atoms with Gasteiger partial charge in [-0.3, -0.25) is 4.79 Å². The number of imidazole rings is 1. The quantitative estimate of drug-likeness (QED) is 0.378. The summed E-state index contributed by atoms with van der Waals surface area (Å²) >= 11 is 0. The number of rotatable bonds is 9. The molecule has 1 amide bonds. The first-order valence-corrected chi connectivity index (χ1v) is 11.2. The van der Waals surface area contributed by atoms with Crippen LogP contribution in [-0.4, -0.2) is 63.9 Å². The number of nitrogens with one attached hydrogen (secondary N) is 2. The molecular formula is C24H25FN6O5. The molecular weight excluding hydrogens is 471 g/mol. The van der Waals surface area contributed by atoms with Crippen molar-refractivity contribution in [3.05, 3.63) is 48.2 Å². The lowest BCUT2D eigenvalue weighted by Gasteiger charge is -2.35. The summed E-state index contributed by atoms with van der Waals surface area (Å²) in [6, 6.07) is 9.55. The maximum atomic E-state index is 13.6. The molecule has 0 unspecified atom stereocenters. The number of aromatic nitrogens is 4. The van der Waals surface area contributed by atoms with Crippen molar-refractivity contribution in [1.82, 2.24) is 25.3 Å². The van der Waals surface area contributed by atoms with Crippen molar-refractivity contribution in [3.63, 3.8) is 0 Å². The van der Waals surface area contributed by atoms with Crippen LogP contribution in [0.25, 0.3) is 22.6 Å². The predicted molar refractivity (Wildman–Crippen MR) is 124 cm³/mol. The van der Waals surface area contributed by atoms with Crippen LogP contribution in [0.2, 0.25) is 0 Å². The van der Waals surface area contributed by atoms with Crippen molar-refractivity contribution in [1.29, 1.82) is 5.26 Å². The third-order valence-electron chi connectivity index (χ3n) is 5.45. The number of carbonyl (C=O) groups excluding carboxylic acids is 1. The number of hydrogen-bond acceptors (Lipinski definition) is 9. The highest BCUT2D eigenvalue weighted by Gasteiger charge is 2.40. The van der Waals surface area contributed by atoms with Crippen LogP contribution in [0, 0.1) is 22.6 Å². The number of amides is 1. The number of aromatic amines is 1. The zero-order valence-electron chi connectivity index (χ0n) is 19.5. The molecule has 1 aromatic carbocycles. The highest BCUT2D eigenvalue weighted by Crippen LogP contribution is 2.35. The van der Waals surface area contributed by atoms with Gasteiger partial charge in [-0.15, -0.1) is 0 Å². The first-order chi connectivity index (χ1) is 17.4. The lowest BCUT2D eigenvalue weighted by Crippen LogP contribution is -2.48. The van der Waals surface area contributed by atoms with Crippen LogP contribution in [0.15, 0.2) is 36.5 Å². The zero-order chi connectivity index (χ0) is 25.5. The van der Waals surface area contributed by atoms with Crippen molar-refractivity contribution in [2.75, 3.05) is 33.0 Å². The van der Waals surface area contributed by atoms with Gasteiger partial charge in [0.25, 0.3) is 0 Å². The van der Waals surface area contributed by atoms with Crippen LogP contribution in [0.4, 0.5) is 4.39 Å². The SMILES string of the molecule is CC1(C(=O)NCCC#N)COC(c2nc(-c3ccc(F)cc3)c(-c3ccnc(OCCO)n3)[nH]2)OC1. The van der Waals surface area contributed by atoms with Gasteiger partial charge in [0.1, 0.15) is 12.4 Å². The first kappa shape index (κ1) is 25.2. The Labute approximate surface area is 206 Å². The lowest BCUT2D eigenvalue weighted by atomic mass is 9.91. The van der Waals surface area contributed by atoms with Crippen LogP contribution >= 0.6 is 0 Å².